The van der Waals surface area contributed by atoms with Crippen LogP contribution in [0.15, 0.2) is 66.7 Å². The quantitative estimate of drug-likeness (QED) is 0.632. The summed E-state index contributed by atoms with van der Waals surface area (Å²) in [6.07, 6.45) is 3.19. The smallest absolute Gasteiger partial charge is 0.248 e. The Balaban J connectivity index is 1.76. The maximum atomic E-state index is 12.2. The lowest BCUT2D eigenvalue weighted by atomic mass is 10.1. The summed E-state index contributed by atoms with van der Waals surface area (Å²) in [6, 6.07) is 18.9. The lowest BCUT2D eigenvalue weighted by Crippen LogP contribution is -2.13. The van der Waals surface area contributed by atoms with Gasteiger partial charge in [0.15, 0.2) is 0 Å². The van der Waals surface area contributed by atoms with Crippen molar-refractivity contribution in [2.45, 2.75) is 6.92 Å². The molecule has 0 unspecified atom stereocenters. The zero-order valence-electron chi connectivity index (χ0n) is 14.1. The number of anilines is 2. The summed E-state index contributed by atoms with van der Waals surface area (Å²) in [5, 5.41) is 8.12. The zero-order chi connectivity index (χ0) is 18.5. The molecule has 0 spiro atoms. The average molecular weight is 365 g/mol. The Morgan fingerprint density at radius 2 is 1.65 bits per heavy atom. The Morgan fingerprint density at radius 1 is 0.885 bits per heavy atom. The largest absolute Gasteiger partial charge is 0.325 e. The molecule has 5 heteroatoms. The molecule has 3 aromatic carbocycles. The van der Waals surface area contributed by atoms with Crippen molar-refractivity contribution in [2.24, 2.45) is 0 Å². The van der Waals surface area contributed by atoms with Crippen molar-refractivity contribution >= 4 is 51.6 Å². The van der Waals surface area contributed by atoms with Crippen LogP contribution in [0.25, 0.3) is 16.8 Å². The number of rotatable bonds is 4. The van der Waals surface area contributed by atoms with Crippen LogP contribution in [-0.4, -0.2) is 11.8 Å². The standard InChI is InChI=1S/C21H17ClN2O2/c1-14(25)23-19-10-9-18(22)13-20(19)24-21(26)11-7-15-6-8-16-4-2-3-5-17(16)12-15/h2-13H,1H3,(H,23,25)(H,24,26)/b11-7+. The van der Waals surface area contributed by atoms with Gasteiger partial charge in [-0.15, -0.1) is 0 Å². The van der Waals surface area contributed by atoms with Gasteiger partial charge in [0.05, 0.1) is 11.4 Å². The van der Waals surface area contributed by atoms with E-state index in [-0.39, 0.29) is 11.8 Å². The number of fused-ring (bicyclic) bond motifs is 1. The van der Waals surface area contributed by atoms with Gasteiger partial charge in [-0.25, -0.2) is 0 Å². The van der Waals surface area contributed by atoms with E-state index < -0.39 is 0 Å². The van der Waals surface area contributed by atoms with E-state index in [1.807, 2.05) is 42.5 Å². The minimum absolute atomic E-state index is 0.227. The third kappa shape index (κ3) is 4.49. The van der Waals surface area contributed by atoms with Crippen LogP contribution in [0.2, 0.25) is 5.02 Å². The van der Waals surface area contributed by atoms with Crippen molar-refractivity contribution in [3.8, 4) is 0 Å². The molecule has 0 bridgehead atoms. The normalized spacial score (nSPS) is 10.8. The van der Waals surface area contributed by atoms with Crippen LogP contribution in [0.5, 0.6) is 0 Å². The average Bonchev–Trinajstić information content (AvgIpc) is 2.62. The van der Waals surface area contributed by atoms with E-state index in [1.54, 1.807) is 24.3 Å². The summed E-state index contributed by atoms with van der Waals surface area (Å²) >= 11 is 5.98. The summed E-state index contributed by atoms with van der Waals surface area (Å²) < 4.78 is 0. The molecule has 0 fully saturated rings. The van der Waals surface area contributed by atoms with Crippen LogP contribution in [0.4, 0.5) is 11.4 Å². The van der Waals surface area contributed by atoms with Crippen LogP contribution in [-0.2, 0) is 9.59 Å². The second-order valence-electron chi connectivity index (χ2n) is 5.80. The Morgan fingerprint density at radius 3 is 2.42 bits per heavy atom. The van der Waals surface area contributed by atoms with Crippen LogP contribution in [0.1, 0.15) is 12.5 Å². The number of carbonyl (C=O) groups excluding carboxylic acids is 2. The van der Waals surface area contributed by atoms with Gasteiger partial charge in [0, 0.05) is 18.0 Å². The maximum absolute atomic E-state index is 12.2. The molecule has 2 N–H and O–H groups in total. The first-order valence-corrected chi connectivity index (χ1v) is 8.44. The van der Waals surface area contributed by atoms with E-state index in [1.165, 1.54) is 13.0 Å². The van der Waals surface area contributed by atoms with Crippen molar-refractivity contribution in [3.05, 3.63) is 77.3 Å². The zero-order valence-corrected chi connectivity index (χ0v) is 14.9. The number of hydrogen-bond donors (Lipinski definition) is 2. The van der Waals surface area contributed by atoms with Gasteiger partial charge < -0.3 is 10.6 Å². The molecular weight excluding hydrogens is 348 g/mol. The Hall–Kier alpha value is -3.11. The number of benzene rings is 3. The van der Waals surface area contributed by atoms with Crippen molar-refractivity contribution in [2.75, 3.05) is 10.6 Å². The highest BCUT2D eigenvalue weighted by molar-refractivity contribution is 6.31. The molecular formula is C21H17ClN2O2. The summed E-state index contributed by atoms with van der Waals surface area (Å²) in [5.74, 6) is -0.540. The fourth-order valence-corrected chi connectivity index (χ4v) is 2.75. The van der Waals surface area contributed by atoms with E-state index >= 15 is 0 Å². The van der Waals surface area contributed by atoms with Crippen LogP contribution in [0, 0.1) is 0 Å². The molecule has 0 aliphatic carbocycles. The van der Waals surface area contributed by atoms with Crippen molar-refractivity contribution in [1.82, 2.24) is 0 Å². The van der Waals surface area contributed by atoms with E-state index in [0.29, 0.717) is 16.4 Å². The van der Waals surface area contributed by atoms with Crippen LogP contribution in [0.3, 0.4) is 0 Å². The van der Waals surface area contributed by atoms with Crippen molar-refractivity contribution < 1.29 is 9.59 Å². The minimum Gasteiger partial charge on any atom is -0.325 e. The number of amides is 2. The predicted molar refractivity (Wildman–Crippen MR) is 107 cm³/mol. The summed E-state index contributed by atoms with van der Waals surface area (Å²) in [6.45, 7) is 1.40. The third-order valence-corrected chi connectivity index (χ3v) is 3.99. The molecule has 0 saturated carbocycles. The SMILES string of the molecule is CC(=O)Nc1ccc(Cl)cc1NC(=O)/C=C/c1ccc2ccccc2c1. The topological polar surface area (TPSA) is 58.2 Å². The van der Waals surface area contributed by atoms with Gasteiger partial charge in [0.25, 0.3) is 0 Å². The van der Waals surface area contributed by atoms with E-state index in [9.17, 15) is 9.59 Å². The van der Waals surface area contributed by atoms with Gasteiger partial charge in [-0.2, -0.15) is 0 Å². The van der Waals surface area contributed by atoms with Crippen molar-refractivity contribution in [1.29, 1.82) is 0 Å². The summed E-state index contributed by atoms with van der Waals surface area (Å²) in [5.41, 5.74) is 1.86. The molecule has 0 saturated heterocycles. The Labute approximate surface area is 156 Å². The van der Waals surface area contributed by atoms with Gasteiger partial charge in [0.1, 0.15) is 0 Å². The lowest BCUT2D eigenvalue weighted by molar-refractivity contribution is -0.114. The molecule has 0 aliphatic rings. The molecule has 3 rings (SSSR count). The highest BCUT2D eigenvalue weighted by Crippen LogP contribution is 2.26. The molecule has 0 atom stereocenters. The molecule has 0 heterocycles. The molecule has 130 valence electrons. The third-order valence-electron chi connectivity index (χ3n) is 3.75. The molecule has 2 amide bonds. The van der Waals surface area contributed by atoms with Gasteiger partial charge in [0.2, 0.25) is 11.8 Å². The first kappa shape index (κ1) is 17.7. The van der Waals surface area contributed by atoms with Gasteiger partial charge in [-0.3, -0.25) is 9.59 Å². The van der Waals surface area contributed by atoms with E-state index in [0.717, 1.165) is 16.3 Å². The first-order chi connectivity index (χ1) is 12.5. The van der Waals surface area contributed by atoms with Crippen LogP contribution < -0.4 is 10.6 Å². The second kappa shape index (κ2) is 7.85. The molecule has 4 nitrogen and oxygen atoms in total. The number of hydrogen-bond acceptors (Lipinski definition) is 2. The van der Waals surface area contributed by atoms with Gasteiger partial charge in [-0.05, 0) is 46.7 Å². The highest BCUT2D eigenvalue weighted by atomic mass is 35.5. The summed E-state index contributed by atoms with van der Waals surface area (Å²) in [7, 11) is 0. The fraction of sp³-hybridized carbons (Fsp3) is 0.0476. The molecule has 3 aromatic rings. The molecule has 0 aromatic heterocycles. The van der Waals surface area contributed by atoms with E-state index in [2.05, 4.69) is 10.6 Å². The number of nitrogens with one attached hydrogen (secondary N) is 2. The first-order valence-electron chi connectivity index (χ1n) is 8.06. The summed E-state index contributed by atoms with van der Waals surface area (Å²) in [4.78, 5) is 23.5. The molecule has 0 radical (unpaired) electrons. The number of halogens is 1. The predicted octanol–water partition coefficient (Wildman–Crippen LogP) is 5.10. The monoisotopic (exact) mass is 364 g/mol. The Bertz CT molecular complexity index is 1010. The van der Waals surface area contributed by atoms with E-state index in [4.69, 9.17) is 11.6 Å². The lowest BCUT2D eigenvalue weighted by Gasteiger charge is -2.10. The molecule has 26 heavy (non-hydrogen) atoms. The number of carbonyl (C=O) groups is 2. The fourth-order valence-electron chi connectivity index (χ4n) is 2.58. The maximum Gasteiger partial charge on any atom is 0.248 e. The van der Waals surface area contributed by atoms with Crippen molar-refractivity contribution in [3.63, 3.8) is 0 Å². The molecule has 0 aliphatic heterocycles. The van der Waals surface area contributed by atoms with Crippen LogP contribution >= 0.6 is 11.6 Å². The van der Waals surface area contributed by atoms with Gasteiger partial charge >= 0.3 is 0 Å². The second-order valence-corrected chi connectivity index (χ2v) is 6.24. The van der Waals surface area contributed by atoms with Gasteiger partial charge in [-0.1, -0.05) is 48.0 Å². The highest BCUT2D eigenvalue weighted by Gasteiger charge is 2.07. The Kier molecular flexibility index (Phi) is 5.34. The minimum atomic E-state index is -0.313.